The van der Waals surface area contributed by atoms with Gasteiger partial charge in [-0.3, -0.25) is 4.90 Å². The summed E-state index contributed by atoms with van der Waals surface area (Å²) in [5.41, 5.74) is 1.08. The normalized spacial score (nSPS) is 21.3. The lowest BCUT2D eigenvalue weighted by atomic mass is 10.1. The smallest absolute Gasteiger partial charge is 0.126 e. The Bertz CT molecular complexity index is 636. The predicted octanol–water partition coefficient (Wildman–Crippen LogP) is 1.74. The summed E-state index contributed by atoms with van der Waals surface area (Å²) >= 11 is 0. The summed E-state index contributed by atoms with van der Waals surface area (Å²) in [4.78, 5) is 11.6. The number of fused-ring (bicyclic) bond motifs is 1. The highest BCUT2D eigenvalue weighted by molar-refractivity contribution is 5.33. The SMILES string of the molecule is c1ccc(NCc2cn3c(n2)CN(C[C@@H]2CCOC2)CC3)nc1. The highest BCUT2D eigenvalue weighted by Gasteiger charge is 2.23. The Balaban J connectivity index is 1.35. The van der Waals surface area contributed by atoms with Gasteiger partial charge in [-0.15, -0.1) is 0 Å². The van der Waals surface area contributed by atoms with Gasteiger partial charge in [0, 0.05) is 38.6 Å². The lowest BCUT2D eigenvalue weighted by Crippen LogP contribution is -2.37. The minimum atomic E-state index is 0.696. The Morgan fingerprint density at radius 1 is 1.30 bits per heavy atom. The van der Waals surface area contributed by atoms with Crippen LogP contribution in [0.4, 0.5) is 5.82 Å². The Kier molecular flexibility index (Phi) is 4.26. The van der Waals surface area contributed by atoms with Crippen LogP contribution in [-0.4, -0.2) is 45.7 Å². The number of hydrogen-bond acceptors (Lipinski definition) is 5. The molecule has 1 N–H and O–H groups in total. The highest BCUT2D eigenvalue weighted by atomic mass is 16.5. The van der Waals surface area contributed by atoms with Gasteiger partial charge in [-0.25, -0.2) is 9.97 Å². The average Bonchev–Trinajstić information content (AvgIpc) is 3.23. The maximum absolute atomic E-state index is 5.48. The summed E-state index contributed by atoms with van der Waals surface area (Å²) in [5, 5.41) is 3.32. The molecule has 2 aromatic rings. The Hall–Kier alpha value is -1.92. The third kappa shape index (κ3) is 3.54. The number of anilines is 1. The van der Waals surface area contributed by atoms with Crippen molar-refractivity contribution in [3.05, 3.63) is 42.1 Å². The monoisotopic (exact) mass is 313 g/mol. The van der Waals surface area contributed by atoms with Crippen LogP contribution in [0.25, 0.3) is 0 Å². The van der Waals surface area contributed by atoms with E-state index in [1.165, 1.54) is 12.2 Å². The molecule has 122 valence electrons. The number of nitrogens with zero attached hydrogens (tertiary/aromatic N) is 4. The van der Waals surface area contributed by atoms with Crippen molar-refractivity contribution in [2.45, 2.75) is 26.1 Å². The summed E-state index contributed by atoms with van der Waals surface area (Å²) in [6.07, 6.45) is 5.16. The molecule has 6 heteroatoms. The number of aromatic nitrogens is 3. The first-order valence-electron chi connectivity index (χ1n) is 8.37. The lowest BCUT2D eigenvalue weighted by Gasteiger charge is -2.29. The van der Waals surface area contributed by atoms with Gasteiger partial charge < -0.3 is 14.6 Å². The van der Waals surface area contributed by atoms with Gasteiger partial charge in [-0.2, -0.15) is 0 Å². The molecule has 4 rings (SSSR count). The van der Waals surface area contributed by atoms with Gasteiger partial charge in [-0.1, -0.05) is 6.07 Å². The lowest BCUT2D eigenvalue weighted by molar-refractivity contribution is 0.152. The molecule has 0 saturated carbocycles. The van der Waals surface area contributed by atoms with Crippen molar-refractivity contribution in [2.24, 2.45) is 5.92 Å². The van der Waals surface area contributed by atoms with Gasteiger partial charge in [0.1, 0.15) is 11.6 Å². The maximum Gasteiger partial charge on any atom is 0.126 e. The van der Waals surface area contributed by atoms with Crippen LogP contribution in [0.2, 0.25) is 0 Å². The minimum Gasteiger partial charge on any atom is -0.381 e. The summed E-state index contributed by atoms with van der Waals surface area (Å²) in [5.74, 6) is 2.76. The van der Waals surface area contributed by atoms with Crippen molar-refractivity contribution in [1.82, 2.24) is 19.4 Å². The van der Waals surface area contributed by atoms with Crippen LogP contribution in [-0.2, 0) is 24.4 Å². The highest BCUT2D eigenvalue weighted by Crippen LogP contribution is 2.19. The fourth-order valence-corrected chi connectivity index (χ4v) is 3.34. The van der Waals surface area contributed by atoms with Crippen molar-refractivity contribution in [1.29, 1.82) is 0 Å². The predicted molar refractivity (Wildman–Crippen MR) is 88.0 cm³/mol. The molecule has 0 bridgehead atoms. The number of pyridine rings is 1. The zero-order chi connectivity index (χ0) is 15.5. The average molecular weight is 313 g/mol. The summed E-state index contributed by atoms with van der Waals surface area (Å²) in [6.45, 7) is 6.77. The second kappa shape index (κ2) is 6.68. The van der Waals surface area contributed by atoms with Crippen molar-refractivity contribution >= 4 is 5.82 Å². The van der Waals surface area contributed by atoms with E-state index in [0.717, 1.165) is 50.9 Å². The number of ether oxygens (including phenoxy) is 1. The Labute approximate surface area is 136 Å². The van der Waals surface area contributed by atoms with Crippen LogP contribution in [0.5, 0.6) is 0 Å². The van der Waals surface area contributed by atoms with E-state index in [9.17, 15) is 0 Å². The van der Waals surface area contributed by atoms with Gasteiger partial charge in [0.2, 0.25) is 0 Å². The molecule has 0 aromatic carbocycles. The van der Waals surface area contributed by atoms with Gasteiger partial charge in [0.25, 0.3) is 0 Å². The zero-order valence-corrected chi connectivity index (χ0v) is 13.3. The van der Waals surface area contributed by atoms with Gasteiger partial charge >= 0.3 is 0 Å². The van der Waals surface area contributed by atoms with Crippen molar-refractivity contribution < 1.29 is 4.74 Å². The van der Waals surface area contributed by atoms with Crippen LogP contribution < -0.4 is 5.32 Å². The largest absolute Gasteiger partial charge is 0.381 e. The quantitative estimate of drug-likeness (QED) is 0.911. The van der Waals surface area contributed by atoms with Crippen LogP contribution in [0, 0.1) is 5.92 Å². The summed E-state index contributed by atoms with van der Waals surface area (Å²) < 4.78 is 7.77. The third-order valence-corrected chi connectivity index (χ3v) is 4.59. The molecule has 0 amide bonds. The number of rotatable bonds is 5. The van der Waals surface area contributed by atoms with E-state index >= 15 is 0 Å². The topological polar surface area (TPSA) is 55.2 Å². The molecule has 1 atom stereocenters. The summed E-state index contributed by atoms with van der Waals surface area (Å²) in [6, 6.07) is 5.88. The first-order valence-corrected chi connectivity index (χ1v) is 8.37. The third-order valence-electron chi connectivity index (χ3n) is 4.59. The van der Waals surface area contributed by atoms with Crippen LogP contribution >= 0.6 is 0 Å². The van der Waals surface area contributed by atoms with Crippen molar-refractivity contribution in [3.63, 3.8) is 0 Å². The van der Waals surface area contributed by atoms with E-state index < -0.39 is 0 Å². The molecule has 2 aromatic heterocycles. The maximum atomic E-state index is 5.48. The molecule has 1 fully saturated rings. The van der Waals surface area contributed by atoms with E-state index in [-0.39, 0.29) is 0 Å². The second-order valence-corrected chi connectivity index (χ2v) is 6.38. The van der Waals surface area contributed by atoms with E-state index in [2.05, 4.69) is 26.0 Å². The van der Waals surface area contributed by atoms with E-state index in [4.69, 9.17) is 9.72 Å². The van der Waals surface area contributed by atoms with Crippen molar-refractivity contribution in [2.75, 3.05) is 31.6 Å². The zero-order valence-electron chi connectivity index (χ0n) is 13.3. The van der Waals surface area contributed by atoms with Gasteiger partial charge in [0.15, 0.2) is 0 Å². The number of imidazole rings is 1. The molecule has 4 heterocycles. The molecule has 2 aliphatic heterocycles. The first kappa shape index (κ1) is 14.7. The standard InChI is InChI=1S/C17H23N5O/c1-2-5-18-16(3-1)19-9-15-11-22-7-6-21(12-17(22)20-15)10-14-4-8-23-13-14/h1-3,5,11,14H,4,6-10,12-13H2,(H,18,19)/t14-/m0/s1. The summed E-state index contributed by atoms with van der Waals surface area (Å²) in [7, 11) is 0. The van der Waals surface area contributed by atoms with Crippen molar-refractivity contribution in [3.8, 4) is 0 Å². The second-order valence-electron chi connectivity index (χ2n) is 6.38. The fourth-order valence-electron chi connectivity index (χ4n) is 3.34. The van der Waals surface area contributed by atoms with E-state index in [1.807, 2.05) is 18.2 Å². The van der Waals surface area contributed by atoms with E-state index in [1.54, 1.807) is 6.20 Å². The minimum absolute atomic E-state index is 0.696. The van der Waals surface area contributed by atoms with Crippen LogP contribution in [0.1, 0.15) is 17.9 Å². The molecule has 6 nitrogen and oxygen atoms in total. The van der Waals surface area contributed by atoms with E-state index in [0.29, 0.717) is 12.5 Å². The fraction of sp³-hybridized carbons (Fsp3) is 0.529. The molecule has 1 saturated heterocycles. The molecule has 0 spiro atoms. The molecular weight excluding hydrogens is 290 g/mol. The molecule has 0 aliphatic carbocycles. The molecule has 0 radical (unpaired) electrons. The number of nitrogens with one attached hydrogen (secondary N) is 1. The molecule has 0 unspecified atom stereocenters. The molecule has 2 aliphatic rings. The van der Waals surface area contributed by atoms with Crippen LogP contribution in [0.15, 0.2) is 30.6 Å². The van der Waals surface area contributed by atoms with Gasteiger partial charge in [0.05, 0.1) is 25.4 Å². The number of hydrogen-bond donors (Lipinski definition) is 1. The Morgan fingerprint density at radius 2 is 2.30 bits per heavy atom. The molecule has 23 heavy (non-hydrogen) atoms. The molecular formula is C17H23N5O. The Morgan fingerprint density at radius 3 is 3.13 bits per heavy atom. The van der Waals surface area contributed by atoms with Gasteiger partial charge in [-0.05, 0) is 24.5 Å². The first-order chi connectivity index (χ1) is 11.4. The van der Waals surface area contributed by atoms with Crippen LogP contribution in [0.3, 0.4) is 0 Å².